The Balaban J connectivity index is 1.17. The van der Waals surface area contributed by atoms with Crippen LogP contribution in [-0.2, 0) is 0 Å². The highest BCUT2D eigenvalue weighted by atomic mass is 15.0. The van der Waals surface area contributed by atoms with E-state index in [0.29, 0.717) is 5.56 Å². The van der Waals surface area contributed by atoms with Gasteiger partial charge in [-0.2, -0.15) is 5.26 Å². The highest BCUT2D eigenvalue weighted by Gasteiger charge is 2.15. The third-order valence-electron chi connectivity index (χ3n) is 8.92. The fourth-order valence-corrected chi connectivity index (χ4v) is 6.87. The smallest absolute Gasteiger partial charge is 0.0991 e. The van der Waals surface area contributed by atoms with Crippen LogP contribution in [0.4, 0.5) is 0 Å². The molecule has 44 heavy (non-hydrogen) atoms. The summed E-state index contributed by atoms with van der Waals surface area (Å²) in [7, 11) is 0. The summed E-state index contributed by atoms with van der Waals surface area (Å²) in [5, 5.41) is 16.7. The molecule has 0 aliphatic heterocycles. The Labute approximate surface area is 254 Å². The van der Waals surface area contributed by atoms with Crippen molar-refractivity contribution in [1.29, 1.82) is 5.26 Å². The molecule has 0 atom stereocenters. The minimum Gasteiger partial charge on any atom is -0.309 e. The molecule has 0 fully saturated rings. The first-order chi connectivity index (χ1) is 21.8. The summed E-state index contributed by atoms with van der Waals surface area (Å²) in [6.07, 6.45) is 0. The van der Waals surface area contributed by atoms with Crippen molar-refractivity contribution in [1.82, 2.24) is 9.13 Å². The first-order valence-corrected chi connectivity index (χ1v) is 14.8. The lowest BCUT2D eigenvalue weighted by Crippen LogP contribution is -1.94. The van der Waals surface area contributed by atoms with Crippen molar-refractivity contribution in [3.05, 3.63) is 157 Å². The lowest BCUT2D eigenvalue weighted by atomic mass is 10.0. The second-order valence-corrected chi connectivity index (χ2v) is 11.4. The zero-order valence-corrected chi connectivity index (χ0v) is 23.8. The monoisotopic (exact) mass is 559 g/mol. The first kappa shape index (κ1) is 24.5. The summed E-state index contributed by atoms with van der Waals surface area (Å²) in [5.41, 5.74) is 9.93. The summed E-state index contributed by atoms with van der Waals surface area (Å²) < 4.78 is 4.67. The van der Waals surface area contributed by atoms with Crippen molar-refractivity contribution in [3.63, 3.8) is 0 Å². The molecule has 0 N–H and O–H groups in total. The lowest BCUT2D eigenvalue weighted by molar-refractivity contribution is 1.18. The molecule has 0 saturated carbocycles. The van der Waals surface area contributed by atoms with Gasteiger partial charge in [-0.1, -0.05) is 84.9 Å². The zero-order chi connectivity index (χ0) is 29.2. The van der Waals surface area contributed by atoms with Gasteiger partial charge in [0.15, 0.2) is 0 Å². The number of rotatable bonds is 3. The Bertz CT molecular complexity index is 2610. The molecule has 204 valence electrons. The minimum absolute atomic E-state index is 0.674. The van der Waals surface area contributed by atoms with Crippen LogP contribution in [0, 0.1) is 11.3 Å². The molecule has 0 radical (unpaired) electrons. The Hall–Kier alpha value is -6.11. The SMILES string of the molecule is N#Cc1ccc2c(c1)c1ccccc1n2-c1ccc(-c2ccc3c(c2)c2ccccc2n3-c2ccc3ccccc3c2)cc1. The van der Waals surface area contributed by atoms with Crippen molar-refractivity contribution in [2.24, 2.45) is 0 Å². The van der Waals surface area contributed by atoms with Gasteiger partial charge in [-0.05, 0) is 88.6 Å². The number of nitrogens with zero attached hydrogens (tertiary/aromatic N) is 3. The van der Waals surface area contributed by atoms with Crippen LogP contribution in [0.1, 0.15) is 5.56 Å². The highest BCUT2D eigenvalue weighted by Crippen LogP contribution is 2.37. The molecule has 2 aromatic heterocycles. The second-order valence-electron chi connectivity index (χ2n) is 11.4. The van der Waals surface area contributed by atoms with Crippen LogP contribution in [0.5, 0.6) is 0 Å². The molecule has 0 spiro atoms. The van der Waals surface area contributed by atoms with Gasteiger partial charge < -0.3 is 9.13 Å². The molecule has 0 aliphatic carbocycles. The molecule has 7 aromatic carbocycles. The van der Waals surface area contributed by atoms with Crippen molar-refractivity contribution in [2.75, 3.05) is 0 Å². The van der Waals surface area contributed by atoms with E-state index < -0.39 is 0 Å². The quantitative estimate of drug-likeness (QED) is 0.212. The van der Waals surface area contributed by atoms with Crippen molar-refractivity contribution in [3.8, 4) is 28.6 Å². The van der Waals surface area contributed by atoms with E-state index >= 15 is 0 Å². The zero-order valence-electron chi connectivity index (χ0n) is 23.8. The molecule has 3 nitrogen and oxygen atoms in total. The predicted molar refractivity (Wildman–Crippen MR) is 183 cm³/mol. The molecular weight excluding hydrogens is 534 g/mol. The number of aromatic nitrogens is 2. The van der Waals surface area contributed by atoms with E-state index in [2.05, 4.69) is 155 Å². The number of hydrogen-bond donors (Lipinski definition) is 0. The van der Waals surface area contributed by atoms with Crippen LogP contribution in [0.3, 0.4) is 0 Å². The van der Waals surface area contributed by atoms with E-state index in [0.717, 1.165) is 27.5 Å². The van der Waals surface area contributed by atoms with Gasteiger partial charge in [0.05, 0.1) is 33.7 Å². The predicted octanol–water partition coefficient (Wildman–Crippen LogP) is 10.6. The topological polar surface area (TPSA) is 33.6 Å². The maximum atomic E-state index is 9.50. The summed E-state index contributed by atoms with van der Waals surface area (Å²) in [6.45, 7) is 0. The maximum absolute atomic E-state index is 9.50. The minimum atomic E-state index is 0.674. The van der Waals surface area contributed by atoms with Crippen LogP contribution < -0.4 is 0 Å². The molecule has 9 rings (SSSR count). The third kappa shape index (κ3) is 3.62. The van der Waals surface area contributed by atoms with Crippen LogP contribution >= 0.6 is 0 Å². The Morgan fingerprint density at radius 3 is 1.66 bits per heavy atom. The van der Waals surface area contributed by atoms with Gasteiger partial charge in [-0.25, -0.2) is 0 Å². The van der Waals surface area contributed by atoms with Gasteiger partial charge in [0.25, 0.3) is 0 Å². The van der Waals surface area contributed by atoms with E-state index in [4.69, 9.17) is 0 Å². The molecule has 2 heterocycles. The Morgan fingerprint density at radius 1 is 0.386 bits per heavy atom. The number of hydrogen-bond acceptors (Lipinski definition) is 1. The van der Waals surface area contributed by atoms with Crippen LogP contribution in [-0.4, -0.2) is 9.13 Å². The van der Waals surface area contributed by atoms with Gasteiger partial charge in [0.1, 0.15) is 0 Å². The first-order valence-electron chi connectivity index (χ1n) is 14.8. The van der Waals surface area contributed by atoms with Gasteiger partial charge in [-0.3, -0.25) is 0 Å². The van der Waals surface area contributed by atoms with Crippen molar-refractivity contribution in [2.45, 2.75) is 0 Å². The standard InChI is InChI=1S/C41H25N3/c42-26-27-13-21-40-36(23-27)34-9-3-5-11-38(34)43(40)32-18-14-29(15-19-32)31-17-22-41-37(25-31)35-10-4-6-12-39(35)44(41)33-20-16-28-7-1-2-8-30(28)24-33/h1-25H. The second kappa shape index (κ2) is 9.46. The molecule has 3 heteroatoms. The van der Waals surface area contributed by atoms with Gasteiger partial charge >= 0.3 is 0 Å². The fourth-order valence-electron chi connectivity index (χ4n) is 6.87. The van der Waals surface area contributed by atoms with Gasteiger partial charge in [-0.15, -0.1) is 0 Å². The molecule has 0 amide bonds. The summed E-state index contributed by atoms with van der Waals surface area (Å²) >= 11 is 0. The normalized spacial score (nSPS) is 11.6. The lowest BCUT2D eigenvalue weighted by Gasteiger charge is -2.11. The average molecular weight is 560 g/mol. The maximum Gasteiger partial charge on any atom is 0.0991 e. The van der Waals surface area contributed by atoms with Crippen LogP contribution in [0.2, 0.25) is 0 Å². The van der Waals surface area contributed by atoms with Gasteiger partial charge in [0.2, 0.25) is 0 Å². The Kier molecular flexibility index (Phi) is 5.26. The molecule has 0 bridgehead atoms. The number of benzene rings is 7. The van der Waals surface area contributed by atoms with Crippen LogP contribution in [0.25, 0.3) is 76.9 Å². The molecule has 0 aliphatic rings. The summed E-state index contributed by atoms with van der Waals surface area (Å²) in [5.74, 6) is 0. The summed E-state index contributed by atoms with van der Waals surface area (Å²) in [6, 6.07) is 56.2. The summed E-state index contributed by atoms with van der Waals surface area (Å²) in [4.78, 5) is 0. The number of para-hydroxylation sites is 2. The van der Waals surface area contributed by atoms with E-state index in [1.165, 1.54) is 49.4 Å². The Morgan fingerprint density at radius 2 is 0.932 bits per heavy atom. The fraction of sp³-hybridized carbons (Fsp3) is 0. The average Bonchev–Trinajstić information content (AvgIpc) is 3.60. The van der Waals surface area contributed by atoms with E-state index in [1.54, 1.807) is 0 Å². The van der Waals surface area contributed by atoms with Crippen molar-refractivity contribution < 1.29 is 0 Å². The van der Waals surface area contributed by atoms with Crippen LogP contribution in [0.15, 0.2) is 152 Å². The molecular formula is C41H25N3. The van der Waals surface area contributed by atoms with E-state index in [1.807, 2.05) is 12.1 Å². The molecule has 0 saturated heterocycles. The number of nitriles is 1. The molecule has 0 unspecified atom stereocenters. The van der Waals surface area contributed by atoms with E-state index in [-0.39, 0.29) is 0 Å². The molecule has 9 aromatic rings. The van der Waals surface area contributed by atoms with Crippen molar-refractivity contribution >= 4 is 54.4 Å². The number of fused-ring (bicyclic) bond motifs is 7. The largest absolute Gasteiger partial charge is 0.309 e. The van der Waals surface area contributed by atoms with E-state index in [9.17, 15) is 5.26 Å². The van der Waals surface area contributed by atoms with Gasteiger partial charge in [0, 0.05) is 32.9 Å². The third-order valence-corrected chi connectivity index (χ3v) is 8.92. The highest BCUT2D eigenvalue weighted by molar-refractivity contribution is 6.11.